The van der Waals surface area contributed by atoms with Gasteiger partial charge in [0.15, 0.2) is 11.5 Å². The smallest absolute Gasteiger partial charge is 0.266 e. The molecule has 0 aliphatic carbocycles. The van der Waals surface area contributed by atoms with Crippen molar-refractivity contribution >= 4 is 56.2 Å². The second-order valence-corrected chi connectivity index (χ2v) is 8.70. The van der Waals surface area contributed by atoms with E-state index in [9.17, 15) is 4.79 Å². The number of rotatable bonds is 9. The lowest BCUT2D eigenvalue weighted by atomic mass is 10.2. The number of para-hydroxylation sites is 2. The van der Waals surface area contributed by atoms with E-state index in [1.807, 2.05) is 42.5 Å². The van der Waals surface area contributed by atoms with Crippen LogP contribution in [-0.2, 0) is 4.79 Å². The van der Waals surface area contributed by atoms with E-state index in [0.29, 0.717) is 46.2 Å². The Hall–Kier alpha value is -2.29. The first kappa shape index (κ1) is 22.4. The molecular formula is C22H20BrNO4S2. The molecule has 1 amide bonds. The summed E-state index contributed by atoms with van der Waals surface area (Å²) in [5, 5.41) is 0. The number of hydrogen-bond acceptors (Lipinski definition) is 6. The molecule has 0 aromatic heterocycles. The highest BCUT2D eigenvalue weighted by Crippen LogP contribution is 2.35. The van der Waals surface area contributed by atoms with E-state index in [2.05, 4.69) is 22.5 Å². The topological polar surface area (TPSA) is 48.0 Å². The predicted octanol–water partition coefficient (Wildman–Crippen LogP) is 5.30. The van der Waals surface area contributed by atoms with Crippen LogP contribution in [0.2, 0.25) is 0 Å². The lowest BCUT2D eigenvalue weighted by molar-refractivity contribution is -0.121. The van der Waals surface area contributed by atoms with Crippen LogP contribution in [0.4, 0.5) is 0 Å². The first-order chi connectivity index (χ1) is 14.5. The largest absolute Gasteiger partial charge is 0.493 e. The van der Waals surface area contributed by atoms with Crippen LogP contribution < -0.4 is 14.2 Å². The highest BCUT2D eigenvalue weighted by Gasteiger charge is 2.31. The highest BCUT2D eigenvalue weighted by atomic mass is 79.9. The monoisotopic (exact) mass is 505 g/mol. The Morgan fingerprint density at radius 3 is 2.53 bits per heavy atom. The number of hydrogen-bond donors (Lipinski definition) is 0. The lowest BCUT2D eigenvalue weighted by Gasteiger charge is -2.13. The van der Waals surface area contributed by atoms with Gasteiger partial charge in [-0.25, -0.2) is 0 Å². The average molecular weight is 506 g/mol. The predicted molar refractivity (Wildman–Crippen MR) is 128 cm³/mol. The molecule has 3 rings (SSSR count). The van der Waals surface area contributed by atoms with Gasteiger partial charge in [0.2, 0.25) is 0 Å². The van der Waals surface area contributed by atoms with Crippen LogP contribution in [0.1, 0.15) is 5.56 Å². The summed E-state index contributed by atoms with van der Waals surface area (Å²) in [5.41, 5.74) is 0.778. The third kappa shape index (κ3) is 5.44. The Balaban J connectivity index is 1.69. The summed E-state index contributed by atoms with van der Waals surface area (Å²) in [5.74, 6) is 1.85. The number of carbonyl (C=O) groups is 1. The molecule has 0 bridgehead atoms. The molecule has 0 N–H and O–H groups in total. The summed E-state index contributed by atoms with van der Waals surface area (Å²) in [6, 6.07) is 13.1. The second-order valence-electron chi connectivity index (χ2n) is 6.11. The molecule has 1 aliphatic rings. The Morgan fingerprint density at radius 1 is 1.13 bits per heavy atom. The maximum Gasteiger partial charge on any atom is 0.266 e. The van der Waals surface area contributed by atoms with Gasteiger partial charge in [-0.1, -0.05) is 58.1 Å². The summed E-state index contributed by atoms with van der Waals surface area (Å²) in [6.07, 6.45) is 3.45. The number of halogens is 1. The van der Waals surface area contributed by atoms with Crippen molar-refractivity contribution < 1.29 is 19.0 Å². The number of thioether (sulfide) groups is 1. The van der Waals surface area contributed by atoms with Crippen LogP contribution in [0.15, 0.2) is 64.5 Å². The van der Waals surface area contributed by atoms with E-state index in [1.165, 1.54) is 16.7 Å². The Morgan fingerprint density at radius 2 is 1.83 bits per heavy atom. The molecule has 0 spiro atoms. The molecule has 0 atom stereocenters. The molecule has 0 radical (unpaired) electrons. The molecule has 30 heavy (non-hydrogen) atoms. The molecule has 5 nitrogen and oxygen atoms in total. The first-order valence-electron chi connectivity index (χ1n) is 9.08. The highest BCUT2D eigenvalue weighted by molar-refractivity contribution is 9.10. The van der Waals surface area contributed by atoms with Gasteiger partial charge in [0, 0.05) is 16.6 Å². The fourth-order valence-electron chi connectivity index (χ4n) is 2.73. The average Bonchev–Trinajstić information content (AvgIpc) is 3.00. The van der Waals surface area contributed by atoms with E-state index in [0.717, 1.165) is 10.0 Å². The van der Waals surface area contributed by atoms with Gasteiger partial charge in [0.25, 0.3) is 5.91 Å². The van der Waals surface area contributed by atoms with Crippen LogP contribution in [0.25, 0.3) is 6.08 Å². The van der Waals surface area contributed by atoms with E-state index in [-0.39, 0.29) is 5.91 Å². The third-order valence-corrected chi connectivity index (χ3v) is 5.98. The standard InChI is InChI=1S/C22H20BrNO4S2/c1-3-10-24-21(25)20(30-22(24)29)14-15-13-16(23)8-9-17(15)27-11-12-28-19-7-5-4-6-18(19)26-2/h3-9,13-14H,1,10-12H2,2H3/b20-14-. The van der Waals surface area contributed by atoms with Crippen molar-refractivity contribution in [2.24, 2.45) is 0 Å². The van der Waals surface area contributed by atoms with Gasteiger partial charge < -0.3 is 14.2 Å². The van der Waals surface area contributed by atoms with E-state index < -0.39 is 0 Å². The van der Waals surface area contributed by atoms with Crippen molar-refractivity contribution in [1.29, 1.82) is 0 Å². The van der Waals surface area contributed by atoms with Crippen LogP contribution in [0.3, 0.4) is 0 Å². The van der Waals surface area contributed by atoms with Crippen molar-refractivity contribution in [1.82, 2.24) is 4.90 Å². The zero-order valence-corrected chi connectivity index (χ0v) is 19.5. The van der Waals surface area contributed by atoms with Gasteiger partial charge in [-0.05, 0) is 36.4 Å². The molecule has 0 unspecified atom stereocenters. The van der Waals surface area contributed by atoms with E-state index in [1.54, 1.807) is 19.3 Å². The SMILES string of the molecule is C=CCN1C(=O)/C(=C/c2cc(Br)ccc2OCCOc2ccccc2OC)SC1=S. The summed E-state index contributed by atoms with van der Waals surface area (Å²) in [4.78, 5) is 14.7. The number of nitrogens with zero attached hydrogens (tertiary/aromatic N) is 1. The normalized spacial score (nSPS) is 14.9. The molecule has 2 aromatic carbocycles. The number of carbonyl (C=O) groups excluding carboxylic acids is 1. The first-order valence-corrected chi connectivity index (χ1v) is 11.1. The summed E-state index contributed by atoms with van der Waals surface area (Å²) >= 11 is 10.0. The maximum atomic E-state index is 12.6. The van der Waals surface area contributed by atoms with Crippen LogP contribution in [-0.4, -0.2) is 42.0 Å². The van der Waals surface area contributed by atoms with Crippen molar-refractivity contribution in [3.8, 4) is 17.2 Å². The Kier molecular flexibility index (Phi) is 7.95. The van der Waals surface area contributed by atoms with Gasteiger partial charge in [0.1, 0.15) is 23.3 Å². The molecule has 1 saturated heterocycles. The summed E-state index contributed by atoms with van der Waals surface area (Å²) in [6.45, 7) is 4.74. The van der Waals surface area contributed by atoms with Crippen molar-refractivity contribution in [3.63, 3.8) is 0 Å². The Labute approximate surface area is 193 Å². The maximum absolute atomic E-state index is 12.6. The van der Waals surface area contributed by atoms with Crippen molar-refractivity contribution in [2.45, 2.75) is 0 Å². The molecule has 1 fully saturated rings. The molecular weight excluding hydrogens is 486 g/mol. The Bertz CT molecular complexity index is 993. The van der Waals surface area contributed by atoms with Gasteiger partial charge in [-0.3, -0.25) is 9.69 Å². The number of thiocarbonyl (C=S) groups is 1. The van der Waals surface area contributed by atoms with Crippen LogP contribution in [0.5, 0.6) is 17.2 Å². The van der Waals surface area contributed by atoms with Gasteiger partial charge in [0.05, 0.1) is 12.0 Å². The van der Waals surface area contributed by atoms with Crippen LogP contribution in [0, 0.1) is 0 Å². The van der Waals surface area contributed by atoms with Crippen molar-refractivity contribution in [2.75, 3.05) is 26.9 Å². The molecule has 2 aromatic rings. The number of amides is 1. The second kappa shape index (κ2) is 10.7. The molecule has 1 aliphatic heterocycles. The molecule has 0 saturated carbocycles. The lowest BCUT2D eigenvalue weighted by Crippen LogP contribution is -2.27. The zero-order valence-electron chi connectivity index (χ0n) is 16.3. The van der Waals surface area contributed by atoms with Gasteiger partial charge >= 0.3 is 0 Å². The molecule has 156 valence electrons. The number of ether oxygens (including phenoxy) is 3. The summed E-state index contributed by atoms with van der Waals surface area (Å²) in [7, 11) is 1.60. The van der Waals surface area contributed by atoms with Gasteiger partial charge in [-0.15, -0.1) is 6.58 Å². The minimum Gasteiger partial charge on any atom is -0.493 e. The fraction of sp³-hybridized carbons (Fsp3) is 0.182. The zero-order chi connectivity index (χ0) is 21.5. The number of methoxy groups -OCH3 is 1. The molecule has 1 heterocycles. The third-order valence-electron chi connectivity index (χ3n) is 4.11. The van der Waals surface area contributed by atoms with Crippen molar-refractivity contribution in [3.05, 3.63) is 70.1 Å². The summed E-state index contributed by atoms with van der Waals surface area (Å²) < 4.78 is 18.4. The minimum absolute atomic E-state index is 0.129. The van der Waals surface area contributed by atoms with Crippen LogP contribution >= 0.6 is 39.9 Å². The fourth-order valence-corrected chi connectivity index (χ4v) is 4.38. The minimum atomic E-state index is -0.129. The van der Waals surface area contributed by atoms with E-state index in [4.69, 9.17) is 26.4 Å². The van der Waals surface area contributed by atoms with E-state index >= 15 is 0 Å². The number of benzene rings is 2. The quantitative estimate of drug-likeness (QED) is 0.199. The molecule has 8 heteroatoms. The van der Waals surface area contributed by atoms with Gasteiger partial charge in [-0.2, -0.15) is 0 Å².